The summed E-state index contributed by atoms with van der Waals surface area (Å²) < 4.78 is 5.76. The number of hydrogen-bond donors (Lipinski definition) is 1. The molecule has 0 bridgehead atoms. The van der Waals surface area contributed by atoms with Crippen LogP contribution in [0.4, 0.5) is 11.5 Å². The molecule has 1 N–H and O–H groups in total. The highest BCUT2D eigenvalue weighted by Gasteiger charge is 2.16. The van der Waals surface area contributed by atoms with Gasteiger partial charge in [-0.3, -0.25) is 10.1 Å². The van der Waals surface area contributed by atoms with Crippen LogP contribution in [0.3, 0.4) is 0 Å². The van der Waals surface area contributed by atoms with E-state index < -0.39 is 4.92 Å². The molecule has 1 aromatic carbocycles. The van der Waals surface area contributed by atoms with Crippen LogP contribution in [0.2, 0.25) is 0 Å². The number of aromatic nitrogens is 1. The molecule has 0 aliphatic heterocycles. The van der Waals surface area contributed by atoms with Crippen LogP contribution in [0.5, 0.6) is 5.75 Å². The molecule has 6 nitrogen and oxygen atoms in total. The average Bonchev–Trinajstić information content (AvgIpc) is 2.48. The number of benzene rings is 1. The van der Waals surface area contributed by atoms with Crippen LogP contribution in [-0.2, 0) is 6.54 Å². The van der Waals surface area contributed by atoms with Crippen molar-refractivity contribution in [3.8, 4) is 5.75 Å². The average molecular weight is 352 g/mol. The van der Waals surface area contributed by atoms with Crippen LogP contribution in [0, 0.1) is 17.0 Å². The molecule has 2 rings (SSSR count). The van der Waals surface area contributed by atoms with Gasteiger partial charge < -0.3 is 10.1 Å². The summed E-state index contributed by atoms with van der Waals surface area (Å²) >= 11 is 3.35. The third-order valence-corrected chi connectivity index (χ3v) is 4.00. The third kappa shape index (κ3) is 3.49. The van der Waals surface area contributed by atoms with Crippen LogP contribution >= 0.6 is 15.9 Å². The Morgan fingerprint density at radius 3 is 2.90 bits per heavy atom. The number of nitro groups is 1. The van der Waals surface area contributed by atoms with E-state index >= 15 is 0 Å². The summed E-state index contributed by atoms with van der Waals surface area (Å²) in [5, 5.41) is 14.0. The summed E-state index contributed by atoms with van der Waals surface area (Å²) in [4.78, 5) is 14.5. The number of rotatable bonds is 5. The van der Waals surface area contributed by atoms with E-state index in [0.29, 0.717) is 22.4 Å². The van der Waals surface area contributed by atoms with Gasteiger partial charge in [-0.25, -0.2) is 4.98 Å². The van der Waals surface area contributed by atoms with E-state index in [-0.39, 0.29) is 5.69 Å². The fourth-order valence-electron chi connectivity index (χ4n) is 1.84. The van der Waals surface area contributed by atoms with Gasteiger partial charge in [-0.05, 0) is 40.5 Å². The van der Waals surface area contributed by atoms with Gasteiger partial charge in [0, 0.05) is 12.1 Å². The quantitative estimate of drug-likeness (QED) is 0.656. The lowest BCUT2D eigenvalue weighted by atomic mass is 10.2. The predicted octanol–water partition coefficient (Wildman–Crippen LogP) is 3.68. The molecule has 0 atom stereocenters. The maximum absolute atomic E-state index is 10.8. The van der Waals surface area contributed by atoms with Gasteiger partial charge in [0.05, 0.1) is 16.5 Å². The molecule has 21 heavy (non-hydrogen) atoms. The van der Waals surface area contributed by atoms with Crippen molar-refractivity contribution in [3.05, 3.63) is 56.2 Å². The Hall–Kier alpha value is -2.15. The molecule has 1 aromatic heterocycles. The summed E-state index contributed by atoms with van der Waals surface area (Å²) in [7, 11) is 1.62. The minimum Gasteiger partial charge on any atom is -0.497 e. The van der Waals surface area contributed by atoms with Crippen LogP contribution in [0.15, 0.2) is 34.9 Å². The first-order chi connectivity index (χ1) is 10.0. The largest absolute Gasteiger partial charge is 0.497 e. The molecule has 0 spiro atoms. The zero-order chi connectivity index (χ0) is 15.4. The lowest BCUT2D eigenvalue weighted by Crippen LogP contribution is -2.04. The Kier molecular flexibility index (Phi) is 4.74. The summed E-state index contributed by atoms with van der Waals surface area (Å²) in [5.74, 6) is 1.35. The molecular formula is C14H14BrN3O3. The minimum atomic E-state index is -0.446. The van der Waals surface area contributed by atoms with Crippen LogP contribution in [0.25, 0.3) is 0 Å². The van der Waals surface area contributed by atoms with E-state index in [4.69, 9.17) is 4.74 Å². The minimum absolute atomic E-state index is 0.00574. The predicted molar refractivity (Wildman–Crippen MR) is 83.6 cm³/mol. The normalized spacial score (nSPS) is 10.2. The van der Waals surface area contributed by atoms with E-state index in [9.17, 15) is 10.1 Å². The van der Waals surface area contributed by atoms with Crippen molar-refractivity contribution in [3.63, 3.8) is 0 Å². The standard InChI is InChI=1S/C14H14BrN3O3/c1-9-12(18(19)20)8-17-14(13(9)15)16-7-10-4-3-5-11(6-10)21-2/h3-6,8H,7H2,1-2H3,(H,16,17). The number of methoxy groups -OCH3 is 1. The van der Waals surface area contributed by atoms with E-state index in [0.717, 1.165) is 11.3 Å². The second-order valence-corrected chi connectivity index (χ2v) is 5.19. The van der Waals surface area contributed by atoms with Crippen molar-refractivity contribution >= 4 is 27.4 Å². The molecule has 0 aliphatic carbocycles. The van der Waals surface area contributed by atoms with Crippen molar-refractivity contribution in [1.82, 2.24) is 4.98 Å². The van der Waals surface area contributed by atoms with E-state index in [1.54, 1.807) is 14.0 Å². The molecule has 110 valence electrons. The zero-order valence-corrected chi connectivity index (χ0v) is 13.2. The summed E-state index contributed by atoms with van der Waals surface area (Å²) in [5.41, 5.74) is 1.57. The monoisotopic (exact) mass is 351 g/mol. The fraction of sp³-hybridized carbons (Fsp3) is 0.214. The molecule has 0 radical (unpaired) electrons. The molecule has 0 aliphatic rings. The van der Waals surface area contributed by atoms with Gasteiger partial charge in [0.1, 0.15) is 17.8 Å². The molecule has 0 unspecified atom stereocenters. The molecule has 2 aromatic rings. The smallest absolute Gasteiger partial charge is 0.291 e. The first-order valence-electron chi connectivity index (χ1n) is 6.19. The first kappa shape index (κ1) is 15.2. The van der Waals surface area contributed by atoms with Gasteiger partial charge in [0.25, 0.3) is 5.69 Å². The van der Waals surface area contributed by atoms with E-state index in [1.165, 1.54) is 6.20 Å². The number of pyridine rings is 1. The molecule has 0 amide bonds. The molecule has 1 heterocycles. The Morgan fingerprint density at radius 1 is 1.48 bits per heavy atom. The van der Waals surface area contributed by atoms with Crippen LogP contribution in [0.1, 0.15) is 11.1 Å². The molecule has 0 saturated heterocycles. The van der Waals surface area contributed by atoms with Gasteiger partial charge in [-0.2, -0.15) is 0 Å². The van der Waals surface area contributed by atoms with E-state index in [2.05, 4.69) is 26.2 Å². The number of hydrogen-bond acceptors (Lipinski definition) is 5. The maximum atomic E-state index is 10.8. The van der Waals surface area contributed by atoms with Gasteiger partial charge >= 0.3 is 0 Å². The summed E-state index contributed by atoms with van der Waals surface area (Å²) in [6, 6.07) is 7.65. The SMILES string of the molecule is COc1cccc(CNc2ncc([N+](=O)[O-])c(C)c2Br)c1. The second-order valence-electron chi connectivity index (χ2n) is 4.39. The van der Waals surface area contributed by atoms with Crippen molar-refractivity contribution in [2.24, 2.45) is 0 Å². The van der Waals surface area contributed by atoms with Crippen molar-refractivity contribution in [1.29, 1.82) is 0 Å². The maximum Gasteiger partial charge on any atom is 0.291 e. The number of halogens is 1. The fourth-order valence-corrected chi connectivity index (χ4v) is 2.29. The van der Waals surface area contributed by atoms with E-state index in [1.807, 2.05) is 24.3 Å². The Balaban J connectivity index is 2.17. The first-order valence-corrected chi connectivity index (χ1v) is 6.98. The molecule has 0 saturated carbocycles. The van der Waals surface area contributed by atoms with Gasteiger partial charge in [0.2, 0.25) is 0 Å². The highest BCUT2D eigenvalue weighted by atomic mass is 79.9. The lowest BCUT2D eigenvalue weighted by Gasteiger charge is -2.10. The number of anilines is 1. The van der Waals surface area contributed by atoms with Crippen molar-refractivity contribution in [2.75, 3.05) is 12.4 Å². The van der Waals surface area contributed by atoms with Gasteiger partial charge in [-0.15, -0.1) is 0 Å². The number of nitrogens with zero attached hydrogens (tertiary/aromatic N) is 2. The Bertz CT molecular complexity index is 677. The lowest BCUT2D eigenvalue weighted by molar-refractivity contribution is -0.385. The van der Waals surface area contributed by atoms with Crippen LogP contribution in [-0.4, -0.2) is 17.0 Å². The summed E-state index contributed by atoms with van der Waals surface area (Å²) in [6.45, 7) is 2.22. The Labute approximate surface area is 130 Å². The number of ether oxygens (including phenoxy) is 1. The summed E-state index contributed by atoms with van der Waals surface area (Å²) in [6.07, 6.45) is 1.26. The van der Waals surface area contributed by atoms with Crippen molar-refractivity contribution in [2.45, 2.75) is 13.5 Å². The zero-order valence-electron chi connectivity index (χ0n) is 11.6. The molecular weight excluding hydrogens is 338 g/mol. The highest BCUT2D eigenvalue weighted by molar-refractivity contribution is 9.10. The molecule has 7 heteroatoms. The third-order valence-electron chi connectivity index (χ3n) is 3.03. The van der Waals surface area contributed by atoms with Crippen LogP contribution < -0.4 is 10.1 Å². The topological polar surface area (TPSA) is 77.3 Å². The van der Waals surface area contributed by atoms with Gasteiger partial charge in [0.15, 0.2) is 0 Å². The number of nitrogens with one attached hydrogen (secondary N) is 1. The second kappa shape index (κ2) is 6.53. The van der Waals surface area contributed by atoms with Gasteiger partial charge in [-0.1, -0.05) is 12.1 Å². The molecule has 0 fully saturated rings. The highest BCUT2D eigenvalue weighted by Crippen LogP contribution is 2.30. The Morgan fingerprint density at radius 2 is 2.24 bits per heavy atom. The van der Waals surface area contributed by atoms with Crippen molar-refractivity contribution < 1.29 is 9.66 Å².